The van der Waals surface area contributed by atoms with Gasteiger partial charge in [0, 0.05) is 17.9 Å². The zero-order valence-corrected chi connectivity index (χ0v) is 16.4. The molecule has 0 saturated heterocycles. The molecule has 1 nitrogen and oxygen atoms in total. The van der Waals surface area contributed by atoms with Crippen LogP contribution in [0.15, 0.2) is 48.5 Å². The molecule has 25 heavy (non-hydrogen) atoms. The van der Waals surface area contributed by atoms with Gasteiger partial charge in [-0.3, -0.25) is 0 Å². The van der Waals surface area contributed by atoms with Crippen LogP contribution in [-0.4, -0.2) is 6.54 Å². The third-order valence-electron chi connectivity index (χ3n) is 4.92. The van der Waals surface area contributed by atoms with E-state index >= 15 is 0 Å². The Morgan fingerprint density at radius 3 is 2.04 bits per heavy atom. The predicted octanol–water partition coefficient (Wildman–Crippen LogP) is 7.31. The van der Waals surface area contributed by atoms with Crippen molar-refractivity contribution in [3.05, 3.63) is 59.7 Å². The summed E-state index contributed by atoms with van der Waals surface area (Å²) in [6.07, 6.45) is 9.92. The number of anilines is 2. The largest absolute Gasteiger partial charge is 0.341 e. The molecule has 0 fully saturated rings. The molecular weight excluding hydrogens is 302 g/mol. The van der Waals surface area contributed by atoms with Crippen molar-refractivity contribution in [2.24, 2.45) is 0 Å². The summed E-state index contributed by atoms with van der Waals surface area (Å²) in [6, 6.07) is 17.9. The zero-order chi connectivity index (χ0) is 17.9. The lowest BCUT2D eigenvalue weighted by atomic mass is 9.95. The van der Waals surface area contributed by atoms with Gasteiger partial charge in [-0.2, -0.15) is 0 Å². The summed E-state index contributed by atoms with van der Waals surface area (Å²) in [5.41, 5.74) is 5.89. The topological polar surface area (TPSA) is 3.24 Å². The fourth-order valence-corrected chi connectivity index (χ4v) is 3.43. The molecule has 0 saturated carbocycles. The monoisotopic (exact) mass is 337 g/mol. The number of nitrogens with zero attached hydrogens (tertiary/aromatic N) is 1. The van der Waals surface area contributed by atoms with Crippen LogP contribution < -0.4 is 4.90 Å². The van der Waals surface area contributed by atoms with Gasteiger partial charge in [-0.05, 0) is 61.4 Å². The molecule has 0 heterocycles. The number of unbranched alkanes of at least 4 members (excludes halogenated alkanes) is 3. The summed E-state index contributed by atoms with van der Waals surface area (Å²) < 4.78 is 0. The highest BCUT2D eigenvalue weighted by Gasteiger charge is 2.15. The molecule has 0 aliphatic heterocycles. The first-order valence-corrected chi connectivity index (χ1v) is 10.2. The lowest BCUT2D eigenvalue weighted by Gasteiger charge is -2.29. The Hall–Kier alpha value is -1.76. The number of rotatable bonds is 11. The molecule has 0 aliphatic carbocycles. The molecule has 0 aliphatic rings. The highest BCUT2D eigenvalue weighted by atomic mass is 15.1. The van der Waals surface area contributed by atoms with Crippen molar-refractivity contribution in [2.45, 2.75) is 72.1 Å². The van der Waals surface area contributed by atoms with E-state index < -0.39 is 0 Å². The van der Waals surface area contributed by atoms with E-state index in [2.05, 4.69) is 74.2 Å². The van der Waals surface area contributed by atoms with Gasteiger partial charge in [0.05, 0.1) is 0 Å². The highest BCUT2D eigenvalue weighted by molar-refractivity contribution is 5.68. The molecule has 0 radical (unpaired) electrons. The Labute approximate surface area is 155 Å². The lowest BCUT2D eigenvalue weighted by molar-refractivity contribution is 0.747. The molecule has 2 rings (SSSR count). The number of hydrogen-bond acceptors (Lipinski definition) is 1. The first kappa shape index (κ1) is 19.6. The van der Waals surface area contributed by atoms with E-state index in [0.717, 1.165) is 6.54 Å². The minimum absolute atomic E-state index is 1.09. The molecular formula is C24H35N. The van der Waals surface area contributed by atoms with Crippen LogP contribution in [-0.2, 0) is 12.8 Å². The molecule has 0 N–H and O–H groups in total. The minimum atomic E-state index is 1.09. The van der Waals surface area contributed by atoms with Crippen molar-refractivity contribution in [1.29, 1.82) is 0 Å². The Morgan fingerprint density at radius 1 is 0.680 bits per heavy atom. The molecule has 0 amide bonds. The summed E-state index contributed by atoms with van der Waals surface area (Å²) in [6.45, 7) is 7.95. The van der Waals surface area contributed by atoms with E-state index in [1.807, 2.05) is 0 Å². The van der Waals surface area contributed by atoms with E-state index in [9.17, 15) is 0 Å². The maximum Gasteiger partial charge on any atom is 0.0446 e. The van der Waals surface area contributed by atoms with Crippen LogP contribution in [0.3, 0.4) is 0 Å². The average molecular weight is 338 g/mol. The Balaban J connectivity index is 2.43. The Bertz CT molecular complexity index is 603. The van der Waals surface area contributed by atoms with Crippen LogP contribution in [0.5, 0.6) is 0 Å². The van der Waals surface area contributed by atoms with Gasteiger partial charge in [-0.15, -0.1) is 0 Å². The Kier molecular flexibility index (Phi) is 8.59. The second-order valence-electron chi connectivity index (χ2n) is 6.96. The van der Waals surface area contributed by atoms with Crippen molar-refractivity contribution in [2.75, 3.05) is 11.4 Å². The smallest absolute Gasteiger partial charge is 0.0446 e. The normalized spacial score (nSPS) is 10.8. The predicted molar refractivity (Wildman–Crippen MR) is 112 cm³/mol. The van der Waals surface area contributed by atoms with Gasteiger partial charge in [0.15, 0.2) is 0 Å². The van der Waals surface area contributed by atoms with E-state index in [-0.39, 0.29) is 0 Å². The van der Waals surface area contributed by atoms with Gasteiger partial charge in [-0.25, -0.2) is 0 Å². The second kappa shape index (κ2) is 11.0. The zero-order valence-electron chi connectivity index (χ0n) is 16.4. The third kappa shape index (κ3) is 5.63. The fraction of sp³-hybridized carbons (Fsp3) is 0.500. The van der Waals surface area contributed by atoms with Crippen LogP contribution in [0.4, 0.5) is 11.4 Å². The molecule has 0 atom stereocenters. The maximum absolute atomic E-state index is 2.55. The van der Waals surface area contributed by atoms with E-state index in [0.29, 0.717) is 0 Å². The quantitative estimate of drug-likeness (QED) is 0.415. The maximum atomic E-state index is 2.55. The van der Waals surface area contributed by atoms with Crippen molar-refractivity contribution < 1.29 is 0 Å². The van der Waals surface area contributed by atoms with Gasteiger partial charge in [0.2, 0.25) is 0 Å². The van der Waals surface area contributed by atoms with Gasteiger partial charge in [0.25, 0.3) is 0 Å². The number of benzene rings is 2. The van der Waals surface area contributed by atoms with Gasteiger partial charge in [0.1, 0.15) is 0 Å². The number of para-hydroxylation sites is 1. The van der Waals surface area contributed by atoms with Crippen molar-refractivity contribution in [1.82, 2.24) is 0 Å². The molecule has 2 aromatic rings. The van der Waals surface area contributed by atoms with Crippen LogP contribution in [0.25, 0.3) is 0 Å². The fourth-order valence-electron chi connectivity index (χ4n) is 3.43. The summed E-state index contributed by atoms with van der Waals surface area (Å²) in [7, 11) is 0. The van der Waals surface area contributed by atoms with Crippen LogP contribution in [0.1, 0.15) is 70.4 Å². The SMILES string of the molecule is CCCCc1cccc(N(CCCC)c2ccccc2)c1CCCC. The Morgan fingerprint density at radius 2 is 1.36 bits per heavy atom. The van der Waals surface area contributed by atoms with Crippen LogP contribution in [0.2, 0.25) is 0 Å². The van der Waals surface area contributed by atoms with Crippen LogP contribution >= 0.6 is 0 Å². The first-order valence-electron chi connectivity index (χ1n) is 10.2. The molecule has 0 bridgehead atoms. The molecule has 0 aromatic heterocycles. The van der Waals surface area contributed by atoms with Crippen molar-refractivity contribution >= 4 is 11.4 Å². The highest BCUT2D eigenvalue weighted by Crippen LogP contribution is 2.32. The summed E-state index contributed by atoms with van der Waals surface area (Å²) in [5.74, 6) is 0. The number of hydrogen-bond donors (Lipinski definition) is 0. The second-order valence-corrected chi connectivity index (χ2v) is 6.96. The van der Waals surface area contributed by atoms with Crippen molar-refractivity contribution in [3.8, 4) is 0 Å². The van der Waals surface area contributed by atoms with E-state index in [4.69, 9.17) is 0 Å². The minimum Gasteiger partial charge on any atom is -0.341 e. The molecule has 136 valence electrons. The third-order valence-corrected chi connectivity index (χ3v) is 4.92. The van der Waals surface area contributed by atoms with E-state index in [1.165, 1.54) is 62.7 Å². The molecule has 0 spiro atoms. The molecule has 2 aromatic carbocycles. The van der Waals surface area contributed by atoms with Crippen LogP contribution in [0, 0.1) is 0 Å². The van der Waals surface area contributed by atoms with E-state index in [1.54, 1.807) is 11.1 Å². The van der Waals surface area contributed by atoms with Gasteiger partial charge < -0.3 is 4.90 Å². The van der Waals surface area contributed by atoms with Gasteiger partial charge in [-0.1, -0.05) is 70.4 Å². The lowest BCUT2D eigenvalue weighted by Crippen LogP contribution is -2.20. The summed E-state index contributed by atoms with van der Waals surface area (Å²) in [4.78, 5) is 2.55. The van der Waals surface area contributed by atoms with Crippen molar-refractivity contribution in [3.63, 3.8) is 0 Å². The number of aryl methyl sites for hydroxylation is 1. The summed E-state index contributed by atoms with van der Waals surface area (Å²) >= 11 is 0. The average Bonchev–Trinajstić information content (AvgIpc) is 2.66. The first-order chi connectivity index (χ1) is 12.3. The molecule has 0 unspecified atom stereocenters. The van der Waals surface area contributed by atoms with Gasteiger partial charge >= 0.3 is 0 Å². The molecule has 1 heteroatoms. The standard InChI is InChI=1S/C24H35N/c1-4-7-14-21-15-13-19-24(23(21)18-8-5-2)25(20-9-6-3)22-16-11-10-12-17-22/h10-13,15-17,19H,4-9,14,18,20H2,1-3H3. The summed E-state index contributed by atoms with van der Waals surface area (Å²) in [5, 5.41) is 0.